The fourth-order valence-electron chi connectivity index (χ4n) is 1.80. The molecule has 0 aliphatic carbocycles. The quantitative estimate of drug-likeness (QED) is 0.869. The molecule has 0 radical (unpaired) electrons. The van der Waals surface area contributed by atoms with Crippen LogP contribution in [0.5, 0.6) is 5.75 Å². The van der Waals surface area contributed by atoms with Gasteiger partial charge in [0.05, 0.1) is 12.6 Å². The molecule has 0 amide bonds. The molecule has 0 saturated heterocycles. The first-order chi connectivity index (χ1) is 9.20. The zero-order chi connectivity index (χ0) is 13.7. The molecule has 0 aliphatic rings. The molecule has 2 aromatic carbocycles. The van der Waals surface area contributed by atoms with Crippen LogP contribution in [0.15, 0.2) is 48.5 Å². The van der Waals surface area contributed by atoms with Crippen molar-refractivity contribution in [3.8, 4) is 5.75 Å². The van der Waals surface area contributed by atoms with E-state index < -0.39 is 6.04 Å². The van der Waals surface area contributed by atoms with Gasteiger partial charge >= 0.3 is 0 Å². The minimum absolute atomic E-state index is 0.152. The number of para-hydroxylation sites is 1. The third-order valence-corrected chi connectivity index (χ3v) is 2.80. The van der Waals surface area contributed by atoms with E-state index in [4.69, 9.17) is 15.6 Å². The summed E-state index contributed by atoms with van der Waals surface area (Å²) in [5.41, 5.74) is 7.28. The summed E-state index contributed by atoms with van der Waals surface area (Å²) in [6.07, 6.45) is 0. The lowest BCUT2D eigenvalue weighted by Crippen LogP contribution is -2.15. The van der Waals surface area contributed by atoms with Crippen LogP contribution >= 0.6 is 0 Å². The molecule has 4 heteroatoms. The molecule has 2 aromatic rings. The molecular formula is C15H16FNO2. The minimum atomic E-state index is -0.483. The van der Waals surface area contributed by atoms with E-state index in [9.17, 15) is 4.39 Å². The molecule has 3 N–H and O–H groups in total. The van der Waals surface area contributed by atoms with E-state index in [0.29, 0.717) is 5.75 Å². The molecule has 0 spiro atoms. The van der Waals surface area contributed by atoms with Crippen LogP contribution in [0.4, 0.5) is 4.39 Å². The third-order valence-electron chi connectivity index (χ3n) is 2.80. The Morgan fingerprint density at radius 2 is 1.95 bits per heavy atom. The summed E-state index contributed by atoms with van der Waals surface area (Å²) in [4.78, 5) is 0. The number of rotatable bonds is 5. The van der Waals surface area contributed by atoms with Crippen LogP contribution in [0.25, 0.3) is 0 Å². The highest BCUT2D eigenvalue weighted by atomic mass is 19.1. The number of halogens is 1. The van der Waals surface area contributed by atoms with Crippen LogP contribution in [-0.2, 0) is 6.61 Å². The molecule has 100 valence electrons. The molecule has 0 bridgehead atoms. The van der Waals surface area contributed by atoms with Gasteiger partial charge in [0.2, 0.25) is 0 Å². The van der Waals surface area contributed by atoms with Crippen molar-refractivity contribution in [3.05, 3.63) is 65.5 Å². The maximum atomic E-state index is 13.0. The van der Waals surface area contributed by atoms with E-state index in [0.717, 1.165) is 11.1 Å². The molecule has 0 heterocycles. The first-order valence-electron chi connectivity index (χ1n) is 6.03. The summed E-state index contributed by atoms with van der Waals surface area (Å²) in [5.74, 6) is 0.315. The van der Waals surface area contributed by atoms with Gasteiger partial charge in [-0.05, 0) is 23.8 Å². The Hall–Kier alpha value is -1.91. The lowest BCUT2D eigenvalue weighted by molar-refractivity contribution is 0.257. The zero-order valence-corrected chi connectivity index (χ0v) is 10.4. The maximum Gasteiger partial charge on any atom is 0.124 e. The van der Waals surface area contributed by atoms with Crippen molar-refractivity contribution in [1.29, 1.82) is 0 Å². The smallest absolute Gasteiger partial charge is 0.124 e. The largest absolute Gasteiger partial charge is 0.489 e. The maximum absolute atomic E-state index is 13.0. The standard InChI is InChI=1S/C15H16FNO2/c16-12-5-3-4-11(8-12)10-19-15-7-2-1-6-13(15)14(17)9-18/h1-8,14,18H,9-10,17H2/t14-/m1/s1. The van der Waals surface area contributed by atoms with Crippen LogP contribution in [0.1, 0.15) is 17.2 Å². The number of ether oxygens (including phenoxy) is 1. The SMILES string of the molecule is N[C@H](CO)c1ccccc1OCc1cccc(F)c1. The Morgan fingerprint density at radius 1 is 1.16 bits per heavy atom. The third kappa shape index (κ3) is 3.53. The highest BCUT2D eigenvalue weighted by molar-refractivity contribution is 5.36. The minimum Gasteiger partial charge on any atom is -0.489 e. The van der Waals surface area contributed by atoms with Gasteiger partial charge in [0.15, 0.2) is 0 Å². The second-order valence-corrected chi connectivity index (χ2v) is 4.25. The summed E-state index contributed by atoms with van der Waals surface area (Å²) in [6, 6.07) is 13.0. The predicted molar refractivity (Wildman–Crippen MR) is 71.2 cm³/mol. The van der Waals surface area contributed by atoms with Crippen molar-refractivity contribution in [1.82, 2.24) is 0 Å². The second kappa shape index (κ2) is 6.31. The van der Waals surface area contributed by atoms with Crippen molar-refractivity contribution in [2.75, 3.05) is 6.61 Å². The molecule has 0 aromatic heterocycles. The monoisotopic (exact) mass is 261 g/mol. The van der Waals surface area contributed by atoms with Gasteiger partial charge in [-0.25, -0.2) is 4.39 Å². The van der Waals surface area contributed by atoms with Crippen molar-refractivity contribution in [2.45, 2.75) is 12.6 Å². The van der Waals surface area contributed by atoms with Gasteiger partial charge in [-0.15, -0.1) is 0 Å². The number of aliphatic hydroxyl groups is 1. The van der Waals surface area contributed by atoms with E-state index in [1.54, 1.807) is 18.2 Å². The fourth-order valence-corrected chi connectivity index (χ4v) is 1.80. The Labute approximate surface area is 111 Å². The van der Waals surface area contributed by atoms with Gasteiger partial charge in [-0.1, -0.05) is 30.3 Å². The first-order valence-corrected chi connectivity index (χ1v) is 6.03. The fraction of sp³-hybridized carbons (Fsp3) is 0.200. The van der Waals surface area contributed by atoms with Crippen LogP contribution in [0.3, 0.4) is 0 Å². The molecule has 0 fully saturated rings. The van der Waals surface area contributed by atoms with Crippen LogP contribution < -0.4 is 10.5 Å². The summed E-state index contributed by atoms with van der Waals surface area (Å²) < 4.78 is 18.7. The molecule has 0 aliphatic heterocycles. The molecule has 0 unspecified atom stereocenters. The molecule has 2 rings (SSSR count). The number of nitrogens with two attached hydrogens (primary N) is 1. The lowest BCUT2D eigenvalue weighted by Gasteiger charge is -2.15. The van der Waals surface area contributed by atoms with E-state index >= 15 is 0 Å². The summed E-state index contributed by atoms with van der Waals surface area (Å²) in [7, 11) is 0. The van der Waals surface area contributed by atoms with E-state index in [1.165, 1.54) is 12.1 Å². The average molecular weight is 261 g/mol. The summed E-state index contributed by atoms with van der Waals surface area (Å²) >= 11 is 0. The molecule has 1 atom stereocenters. The van der Waals surface area contributed by atoms with Gasteiger partial charge in [-0.3, -0.25) is 0 Å². The highest BCUT2D eigenvalue weighted by Gasteiger charge is 2.10. The van der Waals surface area contributed by atoms with Crippen molar-refractivity contribution in [3.63, 3.8) is 0 Å². The second-order valence-electron chi connectivity index (χ2n) is 4.25. The number of benzene rings is 2. The van der Waals surface area contributed by atoms with Crippen molar-refractivity contribution < 1.29 is 14.2 Å². The summed E-state index contributed by atoms with van der Waals surface area (Å²) in [5, 5.41) is 9.10. The van der Waals surface area contributed by atoms with E-state index in [-0.39, 0.29) is 19.0 Å². The Morgan fingerprint density at radius 3 is 2.68 bits per heavy atom. The number of aliphatic hydroxyl groups excluding tert-OH is 1. The van der Waals surface area contributed by atoms with Crippen LogP contribution in [-0.4, -0.2) is 11.7 Å². The van der Waals surface area contributed by atoms with E-state index in [2.05, 4.69) is 0 Å². The predicted octanol–water partition coefficient (Wildman–Crippen LogP) is 2.40. The average Bonchev–Trinajstić information content (AvgIpc) is 2.45. The number of hydrogen-bond donors (Lipinski definition) is 2. The Balaban J connectivity index is 2.11. The van der Waals surface area contributed by atoms with Gasteiger partial charge in [0.1, 0.15) is 18.2 Å². The van der Waals surface area contributed by atoms with Crippen LogP contribution in [0.2, 0.25) is 0 Å². The van der Waals surface area contributed by atoms with Gasteiger partial charge in [-0.2, -0.15) is 0 Å². The lowest BCUT2D eigenvalue weighted by atomic mass is 10.1. The number of hydrogen-bond acceptors (Lipinski definition) is 3. The van der Waals surface area contributed by atoms with Gasteiger partial charge in [0, 0.05) is 5.56 Å². The Kier molecular flexibility index (Phi) is 4.49. The topological polar surface area (TPSA) is 55.5 Å². The van der Waals surface area contributed by atoms with Crippen molar-refractivity contribution in [2.24, 2.45) is 5.73 Å². The Bertz CT molecular complexity index is 545. The first kappa shape index (κ1) is 13.5. The normalized spacial score (nSPS) is 12.2. The van der Waals surface area contributed by atoms with Crippen LogP contribution in [0, 0.1) is 5.82 Å². The van der Waals surface area contributed by atoms with Gasteiger partial charge < -0.3 is 15.6 Å². The summed E-state index contributed by atoms with van der Waals surface area (Å²) in [6.45, 7) is 0.104. The molecule has 0 saturated carbocycles. The van der Waals surface area contributed by atoms with Gasteiger partial charge in [0.25, 0.3) is 0 Å². The zero-order valence-electron chi connectivity index (χ0n) is 10.4. The molecule has 3 nitrogen and oxygen atoms in total. The van der Waals surface area contributed by atoms with Crippen molar-refractivity contribution >= 4 is 0 Å². The molecule has 19 heavy (non-hydrogen) atoms. The molecular weight excluding hydrogens is 245 g/mol. The highest BCUT2D eigenvalue weighted by Crippen LogP contribution is 2.24. The van der Waals surface area contributed by atoms with E-state index in [1.807, 2.05) is 18.2 Å².